The van der Waals surface area contributed by atoms with Crippen molar-refractivity contribution >= 4 is 11.6 Å². The standard InChI is InChI=1S/C26H28ClFN2/c1-19-7-5-10-21(15-19)26-29(17-22-9-4-3-8-20(22)2)13-6-14-30(26)18-23-11-12-24(28)16-25(23)27/h3-5,7-12,15-16,26H,6,13-14,17-18H2,1-2H3/t26-/m1/s1. The lowest BCUT2D eigenvalue weighted by molar-refractivity contribution is -0.00920. The molecule has 0 bridgehead atoms. The van der Waals surface area contributed by atoms with Crippen molar-refractivity contribution in [1.29, 1.82) is 0 Å². The normalized spacial score (nSPS) is 17.9. The number of hydrogen-bond donors (Lipinski definition) is 0. The Hall–Kier alpha value is -2.20. The van der Waals surface area contributed by atoms with Crippen molar-refractivity contribution in [3.8, 4) is 0 Å². The molecular formula is C26H28ClFN2. The van der Waals surface area contributed by atoms with Crippen LogP contribution in [-0.4, -0.2) is 22.9 Å². The smallest absolute Gasteiger partial charge is 0.124 e. The molecule has 4 heteroatoms. The SMILES string of the molecule is Cc1cccc([C@@H]2N(Cc3ccccc3C)CCCN2Cc2ccc(F)cc2Cl)c1. The molecule has 1 aliphatic rings. The Morgan fingerprint density at radius 1 is 0.867 bits per heavy atom. The highest BCUT2D eigenvalue weighted by Gasteiger charge is 2.31. The molecule has 0 unspecified atom stereocenters. The minimum Gasteiger partial charge on any atom is -0.280 e. The molecule has 3 aromatic carbocycles. The van der Waals surface area contributed by atoms with Crippen LogP contribution < -0.4 is 0 Å². The van der Waals surface area contributed by atoms with E-state index in [2.05, 4.69) is 72.2 Å². The van der Waals surface area contributed by atoms with Crippen molar-refractivity contribution in [1.82, 2.24) is 9.80 Å². The van der Waals surface area contributed by atoms with Gasteiger partial charge in [0.15, 0.2) is 0 Å². The Bertz CT molecular complexity index is 1020. The van der Waals surface area contributed by atoms with Crippen LogP contribution in [0.3, 0.4) is 0 Å². The van der Waals surface area contributed by atoms with Gasteiger partial charge in [0.05, 0.1) is 6.17 Å². The second kappa shape index (κ2) is 9.30. The zero-order valence-electron chi connectivity index (χ0n) is 17.6. The van der Waals surface area contributed by atoms with Gasteiger partial charge in [-0.25, -0.2) is 4.39 Å². The van der Waals surface area contributed by atoms with Crippen LogP contribution in [0.1, 0.15) is 40.4 Å². The third-order valence-corrected chi connectivity index (χ3v) is 6.30. The van der Waals surface area contributed by atoms with Gasteiger partial charge in [0.1, 0.15) is 5.82 Å². The van der Waals surface area contributed by atoms with Gasteiger partial charge in [-0.3, -0.25) is 9.80 Å². The Morgan fingerprint density at radius 2 is 1.60 bits per heavy atom. The van der Waals surface area contributed by atoms with Crippen molar-refractivity contribution in [2.75, 3.05) is 13.1 Å². The summed E-state index contributed by atoms with van der Waals surface area (Å²) in [4.78, 5) is 5.02. The summed E-state index contributed by atoms with van der Waals surface area (Å²) in [5.74, 6) is -0.293. The van der Waals surface area contributed by atoms with Gasteiger partial charge in [-0.15, -0.1) is 0 Å². The summed E-state index contributed by atoms with van der Waals surface area (Å²) in [5, 5.41) is 0.494. The Kier molecular flexibility index (Phi) is 6.52. The van der Waals surface area contributed by atoms with Crippen LogP contribution in [0.25, 0.3) is 0 Å². The van der Waals surface area contributed by atoms with Crippen molar-refractivity contribution in [3.63, 3.8) is 0 Å². The van der Waals surface area contributed by atoms with E-state index in [1.54, 1.807) is 0 Å². The predicted molar refractivity (Wildman–Crippen MR) is 122 cm³/mol. The molecule has 30 heavy (non-hydrogen) atoms. The predicted octanol–water partition coefficient (Wildman–Crippen LogP) is 6.50. The Labute approximate surface area is 183 Å². The molecule has 0 N–H and O–H groups in total. The second-order valence-corrected chi connectivity index (χ2v) is 8.65. The Balaban J connectivity index is 1.68. The van der Waals surface area contributed by atoms with E-state index in [9.17, 15) is 4.39 Å². The highest BCUT2D eigenvalue weighted by atomic mass is 35.5. The van der Waals surface area contributed by atoms with Crippen molar-refractivity contribution < 1.29 is 4.39 Å². The molecule has 0 aliphatic carbocycles. The maximum atomic E-state index is 13.5. The van der Waals surface area contributed by atoms with E-state index in [0.717, 1.165) is 31.6 Å². The quantitative estimate of drug-likeness (QED) is 0.462. The number of benzene rings is 3. The summed E-state index contributed by atoms with van der Waals surface area (Å²) in [7, 11) is 0. The molecule has 1 aliphatic heterocycles. The number of nitrogens with zero attached hydrogens (tertiary/aromatic N) is 2. The maximum absolute atomic E-state index is 13.5. The summed E-state index contributed by atoms with van der Waals surface area (Å²) < 4.78 is 13.5. The monoisotopic (exact) mass is 422 g/mol. The van der Waals surface area contributed by atoms with Crippen LogP contribution in [0.4, 0.5) is 4.39 Å². The van der Waals surface area contributed by atoms with Gasteiger partial charge in [0.2, 0.25) is 0 Å². The molecular weight excluding hydrogens is 395 g/mol. The van der Waals surface area contributed by atoms with Gasteiger partial charge < -0.3 is 0 Å². The first-order valence-electron chi connectivity index (χ1n) is 10.5. The summed E-state index contributed by atoms with van der Waals surface area (Å²) >= 11 is 6.37. The lowest BCUT2D eigenvalue weighted by Gasteiger charge is -2.44. The minimum atomic E-state index is -0.293. The maximum Gasteiger partial charge on any atom is 0.124 e. The number of hydrogen-bond acceptors (Lipinski definition) is 2. The molecule has 0 saturated carbocycles. The highest BCUT2D eigenvalue weighted by molar-refractivity contribution is 6.31. The zero-order chi connectivity index (χ0) is 21.1. The molecule has 0 radical (unpaired) electrons. The number of halogens is 2. The van der Waals surface area contributed by atoms with Crippen LogP contribution in [0.15, 0.2) is 66.7 Å². The lowest BCUT2D eigenvalue weighted by atomic mass is 10.0. The fourth-order valence-corrected chi connectivity index (χ4v) is 4.64. The molecule has 0 aromatic heterocycles. The summed E-state index contributed by atoms with van der Waals surface area (Å²) in [6.07, 6.45) is 1.24. The summed E-state index contributed by atoms with van der Waals surface area (Å²) in [5.41, 5.74) is 6.19. The number of aryl methyl sites for hydroxylation is 2. The zero-order valence-corrected chi connectivity index (χ0v) is 18.4. The summed E-state index contributed by atoms with van der Waals surface area (Å²) in [6, 6.07) is 22.1. The first-order valence-corrected chi connectivity index (χ1v) is 10.9. The topological polar surface area (TPSA) is 6.48 Å². The first kappa shape index (κ1) is 21.0. The van der Waals surface area contributed by atoms with Crippen LogP contribution in [0.2, 0.25) is 5.02 Å². The average molecular weight is 423 g/mol. The van der Waals surface area contributed by atoms with Gasteiger partial charge in [0, 0.05) is 31.2 Å². The first-order chi connectivity index (χ1) is 14.5. The molecule has 1 heterocycles. The fourth-order valence-electron chi connectivity index (χ4n) is 4.41. The third-order valence-electron chi connectivity index (χ3n) is 5.95. The highest BCUT2D eigenvalue weighted by Crippen LogP contribution is 2.34. The van der Waals surface area contributed by atoms with E-state index < -0.39 is 0 Å². The van der Waals surface area contributed by atoms with E-state index in [4.69, 9.17) is 11.6 Å². The second-order valence-electron chi connectivity index (χ2n) is 8.24. The molecule has 3 aromatic rings. The van der Waals surface area contributed by atoms with Gasteiger partial charge in [-0.05, 0) is 54.7 Å². The molecule has 1 saturated heterocycles. The fraction of sp³-hybridized carbons (Fsp3) is 0.308. The molecule has 1 fully saturated rings. The van der Waals surface area contributed by atoms with Gasteiger partial charge in [0.25, 0.3) is 0 Å². The third kappa shape index (κ3) is 4.75. The molecule has 1 atom stereocenters. The molecule has 0 amide bonds. The lowest BCUT2D eigenvalue weighted by Crippen LogP contribution is -2.47. The van der Waals surface area contributed by atoms with E-state index in [1.807, 2.05) is 6.07 Å². The number of rotatable bonds is 5. The van der Waals surface area contributed by atoms with Crippen molar-refractivity contribution in [3.05, 3.63) is 105 Å². The summed E-state index contributed by atoms with van der Waals surface area (Å²) in [6.45, 7) is 7.94. The average Bonchev–Trinajstić information content (AvgIpc) is 2.72. The van der Waals surface area contributed by atoms with Crippen LogP contribution in [0, 0.1) is 19.7 Å². The van der Waals surface area contributed by atoms with Crippen LogP contribution >= 0.6 is 11.6 Å². The largest absolute Gasteiger partial charge is 0.280 e. The molecule has 2 nitrogen and oxygen atoms in total. The van der Waals surface area contributed by atoms with E-state index >= 15 is 0 Å². The van der Waals surface area contributed by atoms with Gasteiger partial charge in [-0.2, -0.15) is 0 Å². The van der Waals surface area contributed by atoms with E-state index in [-0.39, 0.29) is 12.0 Å². The molecule has 0 spiro atoms. The van der Waals surface area contributed by atoms with Crippen molar-refractivity contribution in [2.24, 2.45) is 0 Å². The van der Waals surface area contributed by atoms with E-state index in [1.165, 1.54) is 34.4 Å². The van der Waals surface area contributed by atoms with Gasteiger partial charge >= 0.3 is 0 Å². The minimum absolute atomic E-state index is 0.152. The molecule has 156 valence electrons. The van der Waals surface area contributed by atoms with Crippen LogP contribution in [-0.2, 0) is 13.1 Å². The Morgan fingerprint density at radius 3 is 2.30 bits per heavy atom. The van der Waals surface area contributed by atoms with Crippen LogP contribution in [0.5, 0.6) is 0 Å². The van der Waals surface area contributed by atoms with E-state index in [0.29, 0.717) is 11.6 Å². The van der Waals surface area contributed by atoms with Gasteiger partial charge in [-0.1, -0.05) is 71.8 Å². The van der Waals surface area contributed by atoms with Crippen molar-refractivity contribution in [2.45, 2.75) is 39.5 Å². The molecule has 4 rings (SSSR count).